The van der Waals surface area contributed by atoms with Crippen LogP contribution in [0.5, 0.6) is 0 Å². The first kappa shape index (κ1) is 25.0. The van der Waals surface area contributed by atoms with Gasteiger partial charge in [0.05, 0.1) is 0 Å². The van der Waals surface area contributed by atoms with E-state index in [1.165, 1.54) is 0 Å². The third-order valence-electron chi connectivity index (χ3n) is 6.29. The molecule has 1 fully saturated rings. The van der Waals surface area contributed by atoms with Gasteiger partial charge in [0.15, 0.2) is 11.7 Å². The molecule has 0 aromatic heterocycles. The molecule has 0 amide bonds. The van der Waals surface area contributed by atoms with E-state index < -0.39 is 17.6 Å². The SMILES string of the molecule is C=CCC1CCC(C2=C(F)C(F)=C(C3=CC=C(OC(=O)C(=C)C)CC3)CC2)CC1.CC. The molecule has 170 valence electrons. The Bertz CT molecular complexity index is 818. The number of carbonyl (C=O) groups excluding carboxylic acids is 1. The van der Waals surface area contributed by atoms with Gasteiger partial charge in [0.25, 0.3) is 0 Å². The summed E-state index contributed by atoms with van der Waals surface area (Å²) < 4.78 is 35.1. The van der Waals surface area contributed by atoms with E-state index in [2.05, 4.69) is 13.2 Å². The molecule has 4 heteroatoms. The monoisotopic (exact) mass is 430 g/mol. The molecule has 0 heterocycles. The number of hydrogen-bond donors (Lipinski definition) is 0. The Kier molecular flexibility index (Phi) is 9.67. The lowest BCUT2D eigenvalue weighted by molar-refractivity contribution is -0.135. The highest BCUT2D eigenvalue weighted by Gasteiger charge is 2.31. The first-order chi connectivity index (χ1) is 14.9. The second kappa shape index (κ2) is 12.0. The molecule has 0 unspecified atom stereocenters. The van der Waals surface area contributed by atoms with Crippen LogP contribution in [0, 0.1) is 11.8 Å². The van der Waals surface area contributed by atoms with Crippen molar-refractivity contribution in [1.29, 1.82) is 0 Å². The average Bonchev–Trinajstić information content (AvgIpc) is 2.78. The van der Waals surface area contributed by atoms with E-state index in [4.69, 9.17) is 4.74 Å². The number of halogens is 2. The van der Waals surface area contributed by atoms with Gasteiger partial charge in [-0.1, -0.05) is 32.6 Å². The summed E-state index contributed by atoms with van der Waals surface area (Å²) in [6.07, 6.45) is 12.5. The minimum atomic E-state index is -0.693. The molecule has 0 aromatic rings. The highest BCUT2D eigenvalue weighted by atomic mass is 19.2. The normalized spacial score (nSPS) is 23.9. The van der Waals surface area contributed by atoms with Gasteiger partial charge in [0.1, 0.15) is 5.76 Å². The smallest absolute Gasteiger partial charge is 0.338 e. The standard InChI is InChI=1S/C25H30F2O2.C2H6/c1-4-5-17-6-8-18(9-7-17)21-14-15-22(24(27)23(21)26)19-10-12-20(13-11-19)29-25(28)16(2)3;1-2/h4,10,12,17-18H,1-2,5-9,11,13-15H2,3H3;1-2H3. The summed E-state index contributed by atoms with van der Waals surface area (Å²) in [5.74, 6) is -0.454. The lowest BCUT2D eigenvalue weighted by atomic mass is 9.74. The zero-order valence-corrected chi connectivity index (χ0v) is 19.2. The van der Waals surface area contributed by atoms with Crippen molar-refractivity contribution in [3.8, 4) is 0 Å². The minimum Gasteiger partial charge on any atom is -0.428 e. The van der Waals surface area contributed by atoms with Crippen LogP contribution < -0.4 is 0 Å². The van der Waals surface area contributed by atoms with Crippen LogP contribution >= 0.6 is 0 Å². The van der Waals surface area contributed by atoms with Crippen LogP contribution in [0.25, 0.3) is 0 Å². The highest BCUT2D eigenvalue weighted by molar-refractivity contribution is 5.87. The number of rotatable bonds is 6. The number of carbonyl (C=O) groups is 1. The Labute approximate surface area is 186 Å². The maximum Gasteiger partial charge on any atom is 0.338 e. The van der Waals surface area contributed by atoms with Crippen molar-refractivity contribution >= 4 is 5.97 Å². The lowest BCUT2D eigenvalue weighted by Gasteiger charge is -2.32. The van der Waals surface area contributed by atoms with E-state index in [1.807, 2.05) is 19.9 Å². The van der Waals surface area contributed by atoms with Gasteiger partial charge in [-0.15, -0.1) is 6.58 Å². The van der Waals surface area contributed by atoms with Crippen LogP contribution in [0.3, 0.4) is 0 Å². The zero-order chi connectivity index (χ0) is 23.0. The first-order valence-electron chi connectivity index (χ1n) is 11.6. The number of esters is 1. The fourth-order valence-electron chi connectivity index (χ4n) is 4.58. The maximum absolute atomic E-state index is 14.9. The summed E-state index contributed by atoms with van der Waals surface area (Å²) in [6.45, 7) is 13.0. The summed E-state index contributed by atoms with van der Waals surface area (Å²) in [4.78, 5) is 11.6. The highest BCUT2D eigenvalue weighted by Crippen LogP contribution is 2.45. The molecule has 0 bridgehead atoms. The lowest BCUT2D eigenvalue weighted by Crippen LogP contribution is -2.19. The van der Waals surface area contributed by atoms with Crippen molar-refractivity contribution in [1.82, 2.24) is 0 Å². The fraction of sp³-hybridized carbons (Fsp3) is 0.519. The molecule has 1 saturated carbocycles. The predicted octanol–water partition coefficient (Wildman–Crippen LogP) is 8.36. The molecule has 0 N–H and O–H groups in total. The Morgan fingerprint density at radius 1 is 1.06 bits per heavy atom. The number of ether oxygens (including phenoxy) is 1. The zero-order valence-electron chi connectivity index (χ0n) is 19.2. The Balaban J connectivity index is 0.00000166. The van der Waals surface area contributed by atoms with E-state index in [9.17, 15) is 13.6 Å². The molecule has 2 nitrogen and oxygen atoms in total. The van der Waals surface area contributed by atoms with Crippen LogP contribution in [-0.4, -0.2) is 5.97 Å². The van der Waals surface area contributed by atoms with Gasteiger partial charge in [-0.2, -0.15) is 0 Å². The van der Waals surface area contributed by atoms with Crippen LogP contribution in [0.2, 0.25) is 0 Å². The third kappa shape index (κ3) is 6.38. The molecule has 0 atom stereocenters. The Morgan fingerprint density at radius 2 is 1.74 bits per heavy atom. The molecule has 0 spiro atoms. The van der Waals surface area contributed by atoms with Crippen LogP contribution in [-0.2, 0) is 9.53 Å². The Hall–Kier alpha value is -2.23. The van der Waals surface area contributed by atoms with Crippen molar-refractivity contribution < 1.29 is 18.3 Å². The molecule has 0 aromatic carbocycles. The fourth-order valence-corrected chi connectivity index (χ4v) is 4.58. The molecule has 0 aliphatic heterocycles. The van der Waals surface area contributed by atoms with Crippen molar-refractivity contribution in [3.05, 3.63) is 71.1 Å². The van der Waals surface area contributed by atoms with Gasteiger partial charge in [0, 0.05) is 12.0 Å². The molecular weight excluding hydrogens is 394 g/mol. The molecule has 3 aliphatic rings. The minimum absolute atomic E-state index is 0.164. The van der Waals surface area contributed by atoms with Gasteiger partial charge < -0.3 is 4.74 Å². The van der Waals surface area contributed by atoms with E-state index >= 15 is 0 Å². The van der Waals surface area contributed by atoms with Gasteiger partial charge >= 0.3 is 5.97 Å². The number of allylic oxidation sites excluding steroid dienone is 9. The quantitative estimate of drug-likeness (QED) is 0.240. The van der Waals surface area contributed by atoms with Crippen LogP contribution in [0.4, 0.5) is 8.78 Å². The average molecular weight is 431 g/mol. The van der Waals surface area contributed by atoms with Gasteiger partial charge in [-0.25, -0.2) is 13.6 Å². The van der Waals surface area contributed by atoms with E-state index in [1.54, 1.807) is 19.1 Å². The second-order valence-electron chi connectivity index (χ2n) is 8.37. The van der Waals surface area contributed by atoms with Crippen molar-refractivity contribution in [2.24, 2.45) is 11.8 Å². The molecular formula is C27H36F2O2. The van der Waals surface area contributed by atoms with Crippen LogP contribution in [0.1, 0.15) is 78.6 Å². The molecule has 3 rings (SSSR count). The summed E-state index contributed by atoms with van der Waals surface area (Å²) in [5, 5.41) is 0. The van der Waals surface area contributed by atoms with Gasteiger partial charge in [-0.3, -0.25) is 0 Å². The predicted molar refractivity (Wildman–Crippen MR) is 123 cm³/mol. The van der Waals surface area contributed by atoms with Crippen molar-refractivity contribution in [2.75, 3.05) is 0 Å². The number of hydrogen-bond acceptors (Lipinski definition) is 2. The molecule has 0 saturated heterocycles. The molecule has 31 heavy (non-hydrogen) atoms. The van der Waals surface area contributed by atoms with Crippen LogP contribution in [0.15, 0.2) is 71.1 Å². The van der Waals surface area contributed by atoms with E-state index in [0.29, 0.717) is 54.1 Å². The largest absolute Gasteiger partial charge is 0.428 e. The molecule has 3 aliphatic carbocycles. The summed E-state index contributed by atoms with van der Waals surface area (Å²) >= 11 is 0. The van der Waals surface area contributed by atoms with Crippen molar-refractivity contribution in [2.45, 2.75) is 78.6 Å². The van der Waals surface area contributed by atoms with Gasteiger partial charge in [0.2, 0.25) is 0 Å². The van der Waals surface area contributed by atoms with E-state index in [-0.39, 0.29) is 5.92 Å². The topological polar surface area (TPSA) is 26.3 Å². The molecule has 0 radical (unpaired) electrons. The Morgan fingerprint density at radius 3 is 2.29 bits per heavy atom. The second-order valence-corrected chi connectivity index (χ2v) is 8.37. The maximum atomic E-state index is 14.9. The first-order valence-corrected chi connectivity index (χ1v) is 11.6. The summed E-state index contributed by atoms with van der Waals surface area (Å²) in [7, 11) is 0. The van der Waals surface area contributed by atoms with Gasteiger partial charge in [-0.05, 0) is 92.9 Å². The van der Waals surface area contributed by atoms with Crippen molar-refractivity contribution in [3.63, 3.8) is 0 Å². The summed E-state index contributed by atoms with van der Waals surface area (Å²) in [6, 6.07) is 0. The third-order valence-corrected chi connectivity index (χ3v) is 6.29. The summed E-state index contributed by atoms with van der Waals surface area (Å²) in [5.41, 5.74) is 2.26. The van der Waals surface area contributed by atoms with E-state index in [0.717, 1.165) is 37.7 Å².